The molecule has 1 atom stereocenters. The van der Waals surface area contributed by atoms with Crippen molar-refractivity contribution in [2.24, 2.45) is 0 Å². The fourth-order valence-electron chi connectivity index (χ4n) is 4.03. The van der Waals surface area contributed by atoms with Crippen molar-refractivity contribution in [1.29, 1.82) is 5.26 Å². The van der Waals surface area contributed by atoms with E-state index in [1.165, 1.54) is 19.5 Å². The van der Waals surface area contributed by atoms with E-state index in [-0.39, 0.29) is 24.0 Å². The van der Waals surface area contributed by atoms with E-state index in [1.807, 2.05) is 13.0 Å². The first kappa shape index (κ1) is 24.5. The Bertz CT molecular complexity index is 1530. The molecular formula is C25H22ClN4O4P. The molecule has 178 valence electrons. The third-order valence-corrected chi connectivity index (χ3v) is 8.29. The van der Waals surface area contributed by atoms with Crippen molar-refractivity contribution in [3.8, 4) is 6.07 Å². The third kappa shape index (κ3) is 4.94. The van der Waals surface area contributed by atoms with Crippen LogP contribution >= 0.6 is 19.0 Å². The van der Waals surface area contributed by atoms with Gasteiger partial charge in [-0.15, -0.1) is 0 Å². The molecule has 0 fully saturated rings. The second-order valence-corrected chi connectivity index (χ2v) is 10.9. The van der Waals surface area contributed by atoms with Crippen LogP contribution in [0, 0.1) is 23.5 Å². The Labute approximate surface area is 207 Å². The van der Waals surface area contributed by atoms with Crippen LogP contribution in [0.4, 0.5) is 0 Å². The van der Waals surface area contributed by atoms with Gasteiger partial charge in [-0.1, -0.05) is 17.7 Å². The molecule has 0 radical (unpaired) electrons. The fraction of sp³-hybridized carbons (Fsp3) is 0.160. The molecule has 1 unspecified atom stereocenters. The summed E-state index contributed by atoms with van der Waals surface area (Å²) in [6.45, 7) is 1.93. The number of hydrogen-bond donors (Lipinski definition) is 2. The number of benzene rings is 2. The molecule has 0 spiro atoms. The maximum Gasteiger partial charge on any atom is 0.268 e. The average molecular weight is 509 g/mol. The average Bonchev–Trinajstić information content (AvgIpc) is 3.21. The van der Waals surface area contributed by atoms with Crippen LogP contribution in [0.2, 0.25) is 5.02 Å². The highest BCUT2D eigenvalue weighted by Gasteiger charge is 2.36. The van der Waals surface area contributed by atoms with Crippen molar-refractivity contribution in [3.05, 3.63) is 93.5 Å². The second-order valence-electron chi connectivity index (χ2n) is 8.04. The lowest BCUT2D eigenvalue weighted by Gasteiger charge is -2.19. The molecular weight excluding hydrogens is 487 g/mol. The lowest BCUT2D eigenvalue weighted by Crippen LogP contribution is -2.31. The second kappa shape index (κ2) is 9.93. The first-order valence-corrected chi connectivity index (χ1v) is 12.7. The van der Waals surface area contributed by atoms with E-state index in [2.05, 4.69) is 16.4 Å². The van der Waals surface area contributed by atoms with E-state index < -0.39 is 13.3 Å². The number of halogens is 1. The van der Waals surface area contributed by atoms with Crippen LogP contribution in [-0.4, -0.2) is 18.0 Å². The minimum absolute atomic E-state index is 0.0710. The van der Waals surface area contributed by atoms with Gasteiger partial charge in [-0.05, 0) is 54.4 Å². The normalized spacial score (nSPS) is 12.7. The molecule has 4 rings (SSSR count). The van der Waals surface area contributed by atoms with Gasteiger partial charge in [0.15, 0.2) is 12.4 Å². The number of aryl methyl sites for hydroxylation is 1. The monoisotopic (exact) mass is 508 g/mol. The van der Waals surface area contributed by atoms with Gasteiger partial charge in [0.25, 0.3) is 13.3 Å². The fourth-order valence-corrected chi connectivity index (χ4v) is 6.51. The molecule has 2 heterocycles. The number of carbonyl (C=O) groups excluding carboxylic acids is 1. The van der Waals surface area contributed by atoms with E-state index in [4.69, 9.17) is 21.4 Å². The topological polar surface area (TPSA) is 122 Å². The molecule has 0 saturated heterocycles. The zero-order valence-corrected chi connectivity index (χ0v) is 20.7. The van der Waals surface area contributed by atoms with E-state index in [1.54, 1.807) is 42.5 Å². The summed E-state index contributed by atoms with van der Waals surface area (Å²) >= 11 is 6.25. The maximum absolute atomic E-state index is 14.5. The summed E-state index contributed by atoms with van der Waals surface area (Å²) in [6.07, 6.45) is 2.85. The molecule has 0 aliphatic rings. The predicted octanol–water partition coefficient (Wildman–Crippen LogP) is 3.63. The van der Waals surface area contributed by atoms with Crippen LogP contribution in [0.25, 0.3) is 10.9 Å². The summed E-state index contributed by atoms with van der Waals surface area (Å²) in [5.41, 5.74) is 2.74. The molecule has 35 heavy (non-hydrogen) atoms. The third-order valence-electron chi connectivity index (χ3n) is 5.55. The molecule has 0 aliphatic heterocycles. The summed E-state index contributed by atoms with van der Waals surface area (Å²) in [5.74, 6) is -0.518. The number of aromatic nitrogens is 2. The van der Waals surface area contributed by atoms with Crippen LogP contribution in [0.1, 0.15) is 27.2 Å². The number of aromatic amines is 1. The van der Waals surface area contributed by atoms with Crippen LogP contribution in [-0.2, 0) is 22.1 Å². The molecule has 8 nitrogen and oxygen atoms in total. The molecule has 1 amide bonds. The number of nitriles is 1. The number of carbonyl (C=O) groups is 1. The number of nitrogens with one attached hydrogen (secondary N) is 2. The summed E-state index contributed by atoms with van der Waals surface area (Å²) in [7, 11) is -2.48. The Kier molecular flexibility index (Phi) is 6.95. The van der Waals surface area contributed by atoms with Crippen LogP contribution in [0.3, 0.4) is 0 Å². The molecule has 0 saturated carbocycles. The van der Waals surface area contributed by atoms with Crippen LogP contribution in [0.5, 0.6) is 0 Å². The molecule has 10 heteroatoms. The lowest BCUT2D eigenvalue weighted by atomic mass is 10.1. The smallest absolute Gasteiger partial charge is 0.268 e. The van der Waals surface area contributed by atoms with Gasteiger partial charge < -0.3 is 20.0 Å². The van der Waals surface area contributed by atoms with E-state index in [0.717, 1.165) is 5.56 Å². The molecule has 0 aliphatic carbocycles. The van der Waals surface area contributed by atoms with E-state index >= 15 is 0 Å². The number of H-pyrrole nitrogens is 1. The van der Waals surface area contributed by atoms with Crippen molar-refractivity contribution in [3.63, 3.8) is 0 Å². The molecule has 2 N–H and O–H groups in total. The van der Waals surface area contributed by atoms with Gasteiger partial charge in [-0.2, -0.15) is 9.99 Å². The molecule has 4 aromatic rings. The number of amides is 1. The van der Waals surface area contributed by atoms with Crippen LogP contribution < -0.4 is 20.7 Å². The minimum atomic E-state index is -3.81. The Morgan fingerprint density at radius 1 is 1.26 bits per heavy atom. The van der Waals surface area contributed by atoms with Crippen molar-refractivity contribution >= 4 is 46.4 Å². The molecule has 0 bridgehead atoms. The van der Waals surface area contributed by atoms with Crippen molar-refractivity contribution in [2.45, 2.75) is 19.9 Å². The van der Waals surface area contributed by atoms with Gasteiger partial charge in [0.05, 0.1) is 17.8 Å². The highest BCUT2D eigenvalue weighted by Crippen LogP contribution is 2.47. The Morgan fingerprint density at radius 3 is 2.77 bits per heavy atom. The number of hydrogen-bond acceptors (Lipinski definition) is 5. The summed E-state index contributed by atoms with van der Waals surface area (Å²) < 4.78 is 20.8. The van der Waals surface area contributed by atoms with Crippen LogP contribution in [0.15, 0.2) is 60.9 Å². The van der Waals surface area contributed by atoms with E-state index in [0.29, 0.717) is 37.1 Å². The first-order valence-electron chi connectivity index (χ1n) is 10.7. The van der Waals surface area contributed by atoms with Gasteiger partial charge in [-0.25, -0.2) is 0 Å². The highest BCUT2D eigenvalue weighted by atomic mass is 35.5. The SMILES string of the molecule is COP(=O)(c1cc(C)cc(CC#N)c1)c1c(C(=O)NCc2ccc[n+]([O-])c2)[nH]c2ccc(Cl)cc12. The molecule has 2 aromatic heterocycles. The van der Waals surface area contributed by atoms with Gasteiger partial charge in [-0.3, -0.25) is 9.36 Å². The lowest BCUT2D eigenvalue weighted by molar-refractivity contribution is -0.605. The largest absolute Gasteiger partial charge is 0.619 e. The summed E-state index contributed by atoms with van der Waals surface area (Å²) in [4.78, 5) is 16.4. The van der Waals surface area contributed by atoms with Gasteiger partial charge in [0, 0.05) is 46.5 Å². The summed E-state index contributed by atoms with van der Waals surface area (Å²) in [6, 6.07) is 15.6. The minimum Gasteiger partial charge on any atom is -0.619 e. The predicted molar refractivity (Wildman–Crippen MR) is 134 cm³/mol. The van der Waals surface area contributed by atoms with E-state index in [9.17, 15) is 14.6 Å². The first-order chi connectivity index (χ1) is 16.7. The zero-order chi connectivity index (χ0) is 25.2. The summed E-state index contributed by atoms with van der Waals surface area (Å²) in [5, 5.41) is 24.9. The van der Waals surface area contributed by atoms with Gasteiger partial charge in [0.1, 0.15) is 5.69 Å². The number of pyridine rings is 1. The Morgan fingerprint density at radius 2 is 2.06 bits per heavy atom. The van der Waals surface area contributed by atoms with Crippen molar-refractivity contribution in [2.75, 3.05) is 7.11 Å². The highest BCUT2D eigenvalue weighted by molar-refractivity contribution is 7.75. The Hall–Kier alpha value is -3.63. The van der Waals surface area contributed by atoms with Crippen molar-refractivity contribution in [1.82, 2.24) is 10.3 Å². The Balaban J connectivity index is 1.86. The number of rotatable bonds is 7. The number of nitrogens with zero attached hydrogens (tertiary/aromatic N) is 2. The quantitative estimate of drug-likeness (QED) is 0.224. The van der Waals surface area contributed by atoms with Gasteiger partial charge >= 0.3 is 0 Å². The van der Waals surface area contributed by atoms with Crippen molar-refractivity contribution < 1.29 is 18.6 Å². The number of fused-ring (bicyclic) bond motifs is 1. The standard InChI is InChI=1S/C25H22ClN4O4P/c1-16-10-17(7-8-27)12-20(11-16)35(33,34-2)24-21-13-19(26)5-6-22(21)29-23(24)25(31)28-14-18-4-3-9-30(32)15-18/h3-6,9-13,15,29H,7,14H2,1-2H3,(H,28,31). The van der Waals surface area contributed by atoms with Gasteiger partial charge in [0.2, 0.25) is 0 Å². The maximum atomic E-state index is 14.5. The molecule has 2 aromatic carbocycles. The zero-order valence-electron chi connectivity index (χ0n) is 19.0.